The van der Waals surface area contributed by atoms with Crippen molar-refractivity contribution in [2.75, 3.05) is 7.11 Å². The number of aryl methyl sites for hydroxylation is 1. The molecule has 38 heavy (non-hydrogen) atoms. The summed E-state index contributed by atoms with van der Waals surface area (Å²) in [6.45, 7) is 11.2. The van der Waals surface area contributed by atoms with Gasteiger partial charge in [0.25, 0.3) is 0 Å². The van der Waals surface area contributed by atoms with Crippen molar-refractivity contribution in [3.05, 3.63) is 105 Å². The smallest absolute Gasteiger partial charge is 0.201 e. The summed E-state index contributed by atoms with van der Waals surface area (Å²) in [5, 5.41) is 0. The van der Waals surface area contributed by atoms with Gasteiger partial charge in [0.15, 0.2) is 5.78 Å². The zero-order valence-corrected chi connectivity index (χ0v) is 23.0. The number of rotatable bonds is 4. The normalized spacial score (nSPS) is 26.8. The molecule has 0 fully saturated rings. The Bertz CT molecular complexity index is 1530. The fraction of sp³-hybridized carbons (Fsp3) is 0.353. The number of hydrogen-bond donors (Lipinski definition) is 0. The third kappa shape index (κ3) is 3.13. The number of fused-ring (bicyclic) bond motifs is 2. The lowest BCUT2D eigenvalue weighted by atomic mass is 9.54. The van der Waals surface area contributed by atoms with Crippen LogP contribution < -0.4 is 4.74 Å². The van der Waals surface area contributed by atoms with E-state index in [1.807, 2.05) is 43.3 Å². The van der Waals surface area contributed by atoms with E-state index in [2.05, 4.69) is 39.8 Å². The molecule has 0 saturated carbocycles. The third-order valence-corrected chi connectivity index (χ3v) is 9.35. The molecule has 0 N–H and O–H groups in total. The second-order valence-electron chi connectivity index (χ2n) is 11.9. The average molecular weight is 507 g/mol. The lowest BCUT2D eigenvalue weighted by Crippen LogP contribution is -2.43. The highest BCUT2D eigenvalue weighted by Gasteiger charge is 2.57. The molecule has 0 amide bonds. The minimum absolute atomic E-state index is 0.0944. The Balaban J connectivity index is 1.67. The number of carbonyl (C=O) groups is 2. The van der Waals surface area contributed by atoms with Crippen LogP contribution in [0.2, 0.25) is 0 Å². The van der Waals surface area contributed by atoms with E-state index in [4.69, 9.17) is 9.47 Å². The molecule has 0 heterocycles. The van der Waals surface area contributed by atoms with E-state index in [-0.39, 0.29) is 22.6 Å². The number of ketones is 2. The van der Waals surface area contributed by atoms with Crippen molar-refractivity contribution in [2.24, 2.45) is 5.41 Å². The Kier molecular flexibility index (Phi) is 5.39. The predicted molar refractivity (Wildman–Crippen MR) is 149 cm³/mol. The summed E-state index contributed by atoms with van der Waals surface area (Å²) < 4.78 is 12.4. The number of ether oxygens (including phenoxy) is 2. The van der Waals surface area contributed by atoms with Crippen LogP contribution >= 0.6 is 0 Å². The summed E-state index contributed by atoms with van der Waals surface area (Å²) in [6, 6.07) is 11.9. The highest BCUT2D eigenvalue weighted by atomic mass is 16.5. The van der Waals surface area contributed by atoms with Gasteiger partial charge >= 0.3 is 0 Å². The number of Topliss-reactive ketones (excluding diaryl/α,β-unsaturated/α-hetero) is 1. The van der Waals surface area contributed by atoms with Gasteiger partial charge in [-0.3, -0.25) is 9.59 Å². The molecule has 0 radical (unpaired) electrons. The third-order valence-electron chi connectivity index (χ3n) is 9.35. The molecular weight excluding hydrogens is 472 g/mol. The van der Waals surface area contributed by atoms with E-state index in [0.29, 0.717) is 23.5 Å². The van der Waals surface area contributed by atoms with Gasteiger partial charge in [-0.15, -0.1) is 0 Å². The number of methoxy groups -OCH3 is 1. The second-order valence-corrected chi connectivity index (χ2v) is 11.9. The molecule has 4 nitrogen and oxygen atoms in total. The first-order valence-electron chi connectivity index (χ1n) is 13.4. The van der Waals surface area contributed by atoms with Crippen molar-refractivity contribution in [2.45, 2.75) is 65.1 Å². The standard InChI is InChI=1S/C34H34O4/c1-20-17-25(38-19-22-12-8-7-9-13-22)28-26-23(18-34(29(20)26)21(2)11-10-15-32(34,3)4)30-27(31(28)36)24(35)14-16-33(30,5)37-6/h7-9,11-14,16-18H,10,15,19H2,1-6H3. The number of hydrogen-bond acceptors (Lipinski definition) is 4. The van der Waals surface area contributed by atoms with E-state index < -0.39 is 11.0 Å². The zero-order chi connectivity index (χ0) is 27.0. The van der Waals surface area contributed by atoms with Crippen molar-refractivity contribution in [1.29, 1.82) is 0 Å². The van der Waals surface area contributed by atoms with Gasteiger partial charge in [0.05, 0.1) is 11.1 Å². The molecule has 4 aliphatic carbocycles. The average Bonchev–Trinajstić information content (AvgIpc) is 3.26. The SMILES string of the molecule is COC1(C)C=CC(=O)C2=C1C1=CC3(C(C)=CCCC3(C)C)c3c(C)cc(OCc4ccccc4)c(c31)C2=O. The van der Waals surface area contributed by atoms with Crippen molar-refractivity contribution >= 4 is 17.1 Å². The first-order chi connectivity index (χ1) is 18.1. The summed E-state index contributed by atoms with van der Waals surface area (Å²) in [6.07, 6.45) is 9.98. The molecule has 0 bridgehead atoms. The number of benzene rings is 2. The van der Waals surface area contributed by atoms with Gasteiger partial charge in [-0.1, -0.05) is 61.9 Å². The number of allylic oxidation sites excluding steroid dienone is 5. The van der Waals surface area contributed by atoms with Crippen molar-refractivity contribution < 1.29 is 19.1 Å². The fourth-order valence-electron chi connectivity index (χ4n) is 7.28. The lowest BCUT2D eigenvalue weighted by Gasteiger charge is -2.48. The summed E-state index contributed by atoms with van der Waals surface area (Å²) in [5.41, 5.74) is 6.39. The summed E-state index contributed by atoms with van der Waals surface area (Å²) in [4.78, 5) is 27.7. The fourth-order valence-corrected chi connectivity index (χ4v) is 7.28. The van der Waals surface area contributed by atoms with Crippen LogP contribution in [0.3, 0.4) is 0 Å². The molecule has 6 rings (SSSR count). The Hall–Kier alpha value is -3.50. The van der Waals surface area contributed by atoms with Crippen LogP contribution in [0, 0.1) is 12.3 Å². The molecule has 2 aromatic carbocycles. The van der Waals surface area contributed by atoms with Crippen LogP contribution in [0.1, 0.15) is 73.1 Å². The molecule has 4 aliphatic rings. The van der Waals surface area contributed by atoms with Crippen LogP contribution in [-0.2, 0) is 21.6 Å². The zero-order valence-electron chi connectivity index (χ0n) is 23.0. The van der Waals surface area contributed by atoms with Crippen LogP contribution in [0.4, 0.5) is 0 Å². The molecule has 4 heteroatoms. The van der Waals surface area contributed by atoms with Gasteiger partial charge in [-0.25, -0.2) is 0 Å². The first-order valence-corrected chi connectivity index (χ1v) is 13.4. The van der Waals surface area contributed by atoms with Crippen LogP contribution in [-0.4, -0.2) is 24.3 Å². The monoisotopic (exact) mass is 506 g/mol. The Labute approximate surface area is 224 Å². The minimum Gasteiger partial charge on any atom is -0.488 e. The van der Waals surface area contributed by atoms with Crippen LogP contribution in [0.15, 0.2) is 77.4 Å². The molecule has 0 aromatic heterocycles. The van der Waals surface area contributed by atoms with Gasteiger partial charge in [0, 0.05) is 23.7 Å². The molecular formula is C34H34O4. The van der Waals surface area contributed by atoms with Crippen molar-refractivity contribution in [1.82, 2.24) is 0 Å². The molecule has 2 unspecified atom stereocenters. The van der Waals surface area contributed by atoms with Gasteiger partial charge in [0.2, 0.25) is 5.78 Å². The molecule has 2 atom stereocenters. The Morgan fingerprint density at radius 1 is 1.00 bits per heavy atom. The molecule has 0 aliphatic heterocycles. The maximum absolute atomic E-state index is 14.4. The summed E-state index contributed by atoms with van der Waals surface area (Å²) >= 11 is 0. The van der Waals surface area contributed by atoms with E-state index in [0.717, 1.165) is 40.7 Å². The Morgan fingerprint density at radius 3 is 2.42 bits per heavy atom. The van der Waals surface area contributed by atoms with Crippen LogP contribution in [0.25, 0.3) is 5.57 Å². The van der Waals surface area contributed by atoms with Crippen molar-refractivity contribution in [3.8, 4) is 5.75 Å². The molecule has 0 saturated heterocycles. The number of carbonyl (C=O) groups excluding carboxylic acids is 2. The van der Waals surface area contributed by atoms with E-state index in [1.54, 1.807) is 13.2 Å². The maximum atomic E-state index is 14.4. The van der Waals surface area contributed by atoms with E-state index in [1.165, 1.54) is 11.6 Å². The molecule has 2 aromatic rings. The highest BCUT2D eigenvalue weighted by molar-refractivity contribution is 6.36. The lowest BCUT2D eigenvalue weighted by molar-refractivity contribution is -0.111. The van der Waals surface area contributed by atoms with Crippen molar-refractivity contribution in [3.63, 3.8) is 0 Å². The van der Waals surface area contributed by atoms with Gasteiger partial charge in [-0.2, -0.15) is 0 Å². The highest BCUT2D eigenvalue weighted by Crippen LogP contribution is 2.64. The molecule has 1 spiro atoms. The topological polar surface area (TPSA) is 52.6 Å². The predicted octanol–water partition coefficient (Wildman–Crippen LogP) is 7.01. The minimum atomic E-state index is -0.892. The van der Waals surface area contributed by atoms with E-state index >= 15 is 0 Å². The Morgan fingerprint density at radius 2 is 1.74 bits per heavy atom. The van der Waals surface area contributed by atoms with Gasteiger partial charge in [0.1, 0.15) is 18.0 Å². The summed E-state index contributed by atoms with van der Waals surface area (Å²) in [5.74, 6) is -0.0268. The van der Waals surface area contributed by atoms with E-state index in [9.17, 15) is 9.59 Å². The second kappa shape index (κ2) is 8.25. The molecule has 194 valence electrons. The van der Waals surface area contributed by atoms with Crippen LogP contribution in [0.5, 0.6) is 5.75 Å². The first kappa shape index (κ1) is 24.8. The summed E-state index contributed by atoms with van der Waals surface area (Å²) in [7, 11) is 1.64. The van der Waals surface area contributed by atoms with Gasteiger partial charge in [-0.05, 0) is 79.5 Å². The maximum Gasteiger partial charge on any atom is 0.201 e. The quantitative estimate of drug-likeness (QED) is 0.331. The van der Waals surface area contributed by atoms with Gasteiger partial charge < -0.3 is 9.47 Å². The largest absolute Gasteiger partial charge is 0.488 e.